The molecule has 2 fully saturated rings. The Bertz CT molecular complexity index is 537. The van der Waals surface area contributed by atoms with Crippen molar-refractivity contribution in [3.8, 4) is 5.75 Å². The molecule has 2 aliphatic rings. The fraction of sp³-hybridized carbons (Fsp3) is 0.588. The van der Waals surface area contributed by atoms with E-state index in [-0.39, 0.29) is 18.6 Å². The topological polar surface area (TPSA) is 41.6 Å². The summed E-state index contributed by atoms with van der Waals surface area (Å²) in [6.45, 7) is 4.19. The molecule has 4 nitrogen and oxygen atoms in total. The third-order valence-corrected chi connectivity index (χ3v) is 4.69. The average molecular weight is 323 g/mol. The maximum Gasteiger partial charge on any atom is 0.258 e. The Hall–Kier alpha value is -1.26. The molecule has 1 heterocycles. The molecule has 22 heavy (non-hydrogen) atoms. The lowest BCUT2D eigenvalue weighted by atomic mass is 10.0. The van der Waals surface area contributed by atoms with E-state index in [9.17, 15) is 4.79 Å². The lowest BCUT2D eigenvalue weighted by molar-refractivity contribution is -0.124. The van der Waals surface area contributed by atoms with Crippen LogP contribution in [0.15, 0.2) is 18.2 Å². The summed E-state index contributed by atoms with van der Waals surface area (Å²) in [5.41, 5.74) is 0.943. The van der Waals surface area contributed by atoms with Crippen LogP contribution in [-0.2, 0) is 4.79 Å². The van der Waals surface area contributed by atoms with Crippen LogP contribution in [0, 0.1) is 6.92 Å². The lowest BCUT2D eigenvalue weighted by Gasteiger charge is -2.32. The van der Waals surface area contributed by atoms with Gasteiger partial charge in [0.1, 0.15) is 5.75 Å². The second-order valence-electron chi connectivity index (χ2n) is 6.31. The Labute approximate surface area is 136 Å². The molecule has 1 saturated heterocycles. The highest BCUT2D eigenvalue weighted by Gasteiger charge is 2.32. The first kappa shape index (κ1) is 15.6. The molecule has 0 radical (unpaired) electrons. The predicted octanol–water partition coefficient (Wildman–Crippen LogP) is 2.77. The molecule has 1 aromatic carbocycles. The molecule has 1 aliphatic carbocycles. The monoisotopic (exact) mass is 322 g/mol. The number of rotatable bonds is 5. The van der Waals surface area contributed by atoms with Gasteiger partial charge in [-0.3, -0.25) is 4.79 Å². The van der Waals surface area contributed by atoms with E-state index in [4.69, 9.17) is 16.3 Å². The number of aryl methyl sites for hydroxylation is 1. The molecule has 0 spiro atoms. The Balaban J connectivity index is 1.40. The van der Waals surface area contributed by atoms with E-state index in [0.717, 1.165) is 37.5 Å². The zero-order valence-electron chi connectivity index (χ0n) is 13.0. The summed E-state index contributed by atoms with van der Waals surface area (Å²) < 4.78 is 5.58. The maximum atomic E-state index is 12.0. The van der Waals surface area contributed by atoms with Gasteiger partial charge >= 0.3 is 0 Å². The van der Waals surface area contributed by atoms with Gasteiger partial charge in [-0.15, -0.1) is 0 Å². The van der Waals surface area contributed by atoms with Gasteiger partial charge in [-0.2, -0.15) is 0 Å². The molecule has 3 rings (SSSR count). The highest BCUT2D eigenvalue weighted by Crippen LogP contribution is 2.29. The first-order valence-electron chi connectivity index (χ1n) is 8.04. The number of nitrogens with one attached hydrogen (secondary N) is 1. The van der Waals surface area contributed by atoms with E-state index < -0.39 is 0 Å². The minimum Gasteiger partial charge on any atom is -0.484 e. The Morgan fingerprint density at radius 3 is 2.68 bits per heavy atom. The SMILES string of the molecule is Cc1cc(Cl)ccc1OCC(=O)NC1CCN(C2CC2)CC1. The number of ether oxygens (including phenoxy) is 1. The number of hydrogen-bond donors (Lipinski definition) is 1. The number of benzene rings is 1. The van der Waals surface area contributed by atoms with Crippen molar-refractivity contribution >= 4 is 17.5 Å². The number of amides is 1. The van der Waals surface area contributed by atoms with Crippen LogP contribution in [0.25, 0.3) is 0 Å². The Kier molecular flexibility index (Phi) is 4.89. The number of carbonyl (C=O) groups is 1. The Morgan fingerprint density at radius 2 is 2.05 bits per heavy atom. The van der Waals surface area contributed by atoms with Crippen LogP contribution >= 0.6 is 11.6 Å². The van der Waals surface area contributed by atoms with Gasteiger partial charge in [0.05, 0.1) is 0 Å². The van der Waals surface area contributed by atoms with Gasteiger partial charge in [0.2, 0.25) is 0 Å². The summed E-state index contributed by atoms with van der Waals surface area (Å²) in [4.78, 5) is 14.6. The van der Waals surface area contributed by atoms with E-state index in [1.807, 2.05) is 13.0 Å². The van der Waals surface area contributed by atoms with E-state index in [0.29, 0.717) is 10.8 Å². The van der Waals surface area contributed by atoms with Crippen molar-refractivity contribution < 1.29 is 9.53 Å². The molecule has 0 bridgehead atoms. The number of likely N-dealkylation sites (tertiary alicyclic amines) is 1. The maximum absolute atomic E-state index is 12.0. The molecule has 5 heteroatoms. The molecule has 1 saturated carbocycles. The molecular weight excluding hydrogens is 300 g/mol. The van der Waals surface area contributed by atoms with Crippen LogP contribution in [0.5, 0.6) is 5.75 Å². The quantitative estimate of drug-likeness (QED) is 0.906. The van der Waals surface area contributed by atoms with Crippen LogP contribution < -0.4 is 10.1 Å². The number of nitrogens with zero attached hydrogens (tertiary/aromatic N) is 1. The molecule has 1 aliphatic heterocycles. The van der Waals surface area contributed by atoms with Crippen LogP contribution in [-0.4, -0.2) is 42.6 Å². The minimum absolute atomic E-state index is 0.0424. The van der Waals surface area contributed by atoms with Crippen LogP contribution in [0.4, 0.5) is 0 Å². The van der Waals surface area contributed by atoms with Gasteiger partial charge < -0.3 is 15.0 Å². The van der Waals surface area contributed by atoms with Crippen molar-refractivity contribution in [1.82, 2.24) is 10.2 Å². The molecular formula is C17H23ClN2O2. The summed E-state index contributed by atoms with van der Waals surface area (Å²) in [6, 6.07) is 6.53. The number of carbonyl (C=O) groups excluding carboxylic acids is 1. The third kappa shape index (κ3) is 4.14. The average Bonchev–Trinajstić information content (AvgIpc) is 3.32. The van der Waals surface area contributed by atoms with Gasteiger partial charge in [0.15, 0.2) is 6.61 Å². The molecule has 1 N–H and O–H groups in total. The zero-order valence-corrected chi connectivity index (χ0v) is 13.7. The van der Waals surface area contributed by atoms with Gasteiger partial charge in [0.25, 0.3) is 5.91 Å². The first-order valence-corrected chi connectivity index (χ1v) is 8.42. The number of piperidine rings is 1. The van der Waals surface area contributed by atoms with E-state index >= 15 is 0 Å². The fourth-order valence-corrected chi connectivity index (χ4v) is 3.26. The predicted molar refractivity (Wildman–Crippen MR) is 87.4 cm³/mol. The number of hydrogen-bond acceptors (Lipinski definition) is 3. The molecule has 0 unspecified atom stereocenters. The second kappa shape index (κ2) is 6.88. The van der Waals surface area contributed by atoms with Crippen LogP contribution in [0.3, 0.4) is 0 Å². The zero-order chi connectivity index (χ0) is 15.5. The molecule has 1 amide bonds. The number of halogens is 1. The largest absolute Gasteiger partial charge is 0.484 e. The van der Waals surface area contributed by atoms with Crippen molar-refractivity contribution in [2.24, 2.45) is 0 Å². The second-order valence-corrected chi connectivity index (χ2v) is 6.74. The summed E-state index contributed by atoms with van der Waals surface area (Å²) in [6.07, 6.45) is 4.79. The fourth-order valence-electron chi connectivity index (χ4n) is 3.04. The third-order valence-electron chi connectivity index (χ3n) is 4.45. The van der Waals surface area contributed by atoms with Crippen molar-refractivity contribution in [2.75, 3.05) is 19.7 Å². The van der Waals surface area contributed by atoms with Crippen LogP contribution in [0.2, 0.25) is 5.02 Å². The van der Waals surface area contributed by atoms with Gasteiger partial charge in [-0.05, 0) is 56.4 Å². The standard InChI is InChI=1S/C17H23ClN2O2/c1-12-10-13(18)2-5-16(12)22-11-17(21)19-14-6-8-20(9-7-14)15-3-4-15/h2,5,10,14-15H,3-4,6-9,11H2,1H3,(H,19,21). The van der Waals surface area contributed by atoms with Gasteiger partial charge in [-0.1, -0.05) is 11.6 Å². The first-order chi connectivity index (χ1) is 10.6. The summed E-state index contributed by atoms with van der Waals surface area (Å²) in [5.74, 6) is 0.669. The van der Waals surface area contributed by atoms with Crippen molar-refractivity contribution in [1.29, 1.82) is 0 Å². The molecule has 0 atom stereocenters. The molecule has 0 aromatic heterocycles. The van der Waals surface area contributed by atoms with E-state index in [1.54, 1.807) is 12.1 Å². The summed E-state index contributed by atoms with van der Waals surface area (Å²) in [7, 11) is 0. The van der Waals surface area contributed by atoms with Crippen LogP contribution in [0.1, 0.15) is 31.2 Å². The Morgan fingerprint density at radius 1 is 1.32 bits per heavy atom. The van der Waals surface area contributed by atoms with Crippen molar-refractivity contribution in [3.63, 3.8) is 0 Å². The molecule has 1 aromatic rings. The van der Waals surface area contributed by atoms with Gasteiger partial charge in [-0.25, -0.2) is 0 Å². The minimum atomic E-state index is -0.0424. The van der Waals surface area contributed by atoms with Gasteiger partial charge in [0, 0.05) is 30.2 Å². The molecule has 120 valence electrons. The smallest absolute Gasteiger partial charge is 0.258 e. The van der Waals surface area contributed by atoms with E-state index in [1.165, 1.54) is 12.8 Å². The normalized spacial score (nSPS) is 19.9. The van der Waals surface area contributed by atoms with E-state index in [2.05, 4.69) is 10.2 Å². The summed E-state index contributed by atoms with van der Waals surface area (Å²) >= 11 is 5.91. The highest BCUT2D eigenvalue weighted by atomic mass is 35.5. The lowest BCUT2D eigenvalue weighted by Crippen LogP contribution is -2.46. The van der Waals surface area contributed by atoms with Crippen molar-refractivity contribution in [2.45, 2.75) is 44.7 Å². The summed E-state index contributed by atoms with van der Waals surface area (Å²) in [5, 5.41) is 3.76. The van der Waals surface area contributed by atoms with Crippen molar-refractivity contribution in [3.05, 3.63) is 28.8 Å². The highest BCUT2D eigenvalue weighted by molar-refractivity contribution is 6.30.